The van der Waals surface area contributed by atoms with E-state index in [-0.39, 0.29) is 130 Å². The normalized spacial score (nSPS) is 11.5. The second-order valence-corrected chi connectivity index (χ2v) is 25.6. The van der Waals surface area contributed by atoms with Gasteiger partial charge in [0.25, 0.3) is 0 Å². The number of aliphatic hydroxyl groups is 2. The van der Waals surface area contributed by atoms with Crippen LogP contribution in [0.3, 0.4) is 0 Å². The van der Waals surface area contributed by atoms with E-state index in [1.54, 1.807) is 54.5 Å². The Kier molecular flexibility index (Phi) is 52.2. The number of aromatic carboxylic acids is 1. The van der Waals surface area contributed by atoms with Crippen LogP contribution in [0.15, 0.2) is 24.3 Å². The number of ether oxygens (including phenoxy) is 8. The topological polar surface area (TPSA) is 383 Å². The predicted octanol–water partition coefficient (Wildman–Crippen LogP) is 11.2. The summed E-state index contributed by atoms with van der Waals surface area (Å²) in [6, 6.07) is 5.77. The lowest BCUT2D eigenvalue weighted by atomic mass is 9.90. The Labute approximate surface area is 547 Å². The van der Waals surface area contributed by atoms with Crippen molar-refractivity contribution in [2.45, 2.75) is 223 Å². The molecule has 1 rings (SSSR count). The summed E-state index contributed by atoms with van der Waals surface area (Å²) in [5.41, 5.74) is -3.40. The fraction of sp³-hybridized carbons (Fsp3) is 0.746. The average Bonchev–Trinajstić information content (AvgIpc) is 3.60. The number of benzene rings is 1. The lowest BCUT2D eigenvalue weighted by molar-refractivity contribution is -0.166. The number of esters is 7. The third-order valence-corrected chi connectivity index (χ3v) is 14.1. The number of hydrogen-bond donors (Lipinski definition) is 6. The molecule has 1 atom stereocenters. The summed E-state index contributed by atoms with van der Waals surface area (Å²) in [6.07, 6.45) is 4.56. The van der Waals surface area contributed by atoms with Crippen molar-refractivity contribution >= 4 is 65.7 Å². The number of carbonyl (C=O) groups excluding carboxylic acids is 7. The van der Waals surface area contributed by atoms with Gasteiger partial charge in [0.2, 0.25) is 0 Å². The summed E-state index contributed by atoms with van der Waals surface area (Å²) in [7, 11) is 0. The van der Waals surface area contributed by atoms with Gasteiger partial charge in [-0.05, 0) is 161 Å². The maximum Gasteiger partial charge on any atom is 0.339 e. The first-order chi connectivity index (χ1) is 42.0. The van der Waals surface area contributed by atoms with Crippen molar-refractivity contribution in [1.82, 2.24) is 0 Å². The Morgan fingerprint density at radius 1 is 0.402 bits per heavy atom. The molecule has 1 aromatic rings. The molecule has 0 aliphatic heterocycles. The Morgan fingerprint density at radius 3 is 1.01 bits per heavy atom. The van der Waals surface area contributed by atoms with Gasteiger partial charge in [-0.2, -0.15) is 0 Å². The molecule has 1 unspecified atom stereocenters. The maximum atomic E-state index is 11.8. The second kappa shape index (κ2) is 49.8. The summed E-state index contributed by atoms with van der Waals surface area (Å²) in [4.78, 5) is 121. The minimum absolute atomic E-state index is 0.00556. The lowest BCUT2D eigenvalue weighted by Crippen LogP contribution is -2.33. The van der Waals surface area contributed by atoms with Gasteiger partial charge in [0, 0.05) is 0 Å². The first-order valence-corrected chi connectivity index (χ1v) is 31.1. The van der Waals surface area contributed by atoms with Gasteiger partial charge in [0.1, 0.15) is 45.2 Å². The summed E-state index contributed by atoms with van der Waals surface area (Å²) >= 11 is 0. The van der Waals surface area contributed by atoms with Gasteiger partial charge in [-0.1, -0.05) is 67.5 Å². The van der Waals surface area contributed by atoms with Crippen LogP contribution in [0.2, 0.25) is 0 Å². The van der Waals surface area contributed by atoms with Crippen LogP contribution in [-0.4, -0.2) is 168 Å². The second-order valence-electron chi connectivity index (χ2n) is 25.6. The third kappa shape index (κ3) is 49.0. The van der Waals surface area contributed by atoms with E-state index in [0.29, 0.717) is 25.9 Å². The predicted molar refractivity (Wildman–Crippen MR) is 345 cm³/mol. The number of aliphatic hydroxyl groups excluding tert-OH is 2. The molecule has 0 fully saturated rings. The molecule has 0 radical (unpaired) electrons. The number of hydrogen-bond acceptors (Lipinski definition) is 21. The number of carboxylic acid groups (broad SMARTS) is 4. The first kappa shape index (κ1) is 96.4. The summed E-state index contributed by atoms with van der Waals surface area (Å²) in [6.45, 7) is 43.0. The molecule has 25 nitrogen and oxygen atoms in total. The van der Waals surface area contributed by atoms with Gasteiger partial charge < -0.3 is 68.5 Å². The van der Waals surface area contributed by atoms with Gasteiger partial charge in [0.15, 0.2) is 0 Å². The van der Waals surface area contributed by atoms with Gasteiger partial charge in [-0.3, -0.25) is 43.2 Å². The van der Waals surface area contributed by atoms with E-state index >= 15 is 0 Å². The maximum absolute atomic E-state index is 11.8. The highest BCUT2D eigenvalue weighted by Gasteiger charge is 2.32. The SMILES string of the molecule is CCC(C)(C)C(=O)O.CCC(C)(C)C(=O)OC(C)(C)C.CCC(C)(C)C(=O)OCCO.CCC(C)(C)C(=O)OCCOC(=O)CCC(=O)O.CCC(C)(C)C(=O)OCCOC(=O)c1ccccc1C(=O)O.CCC(C)(C)C(=O)OCCOCCO.CCC(C)C(=O)O. The van der Waals surface area contributed by atoms with Crippen LogP contribution in [0.4, 0.5) is 0 Å². The number of carbonyl (C=O) groups is 11. The van der Waals surface area contributed by atoms with Crippen molar-refractivity contribution in [3.8, 4) is 0 Å². The highest BCUT2D eigenvalue weighted by atomic mass is 16.6. The third-order valence-electron chi connectivity index (χ3n) is 14.1. The van der Waals surface area contributed by atoms with E-state index in [4.69, 9.17) is 68.5 Å². The molecular weight excluding hydrogens is 1200 g/mol. The summed E-state index contributed by atoms with van der Waals surface area (Å²) in [5, 5.41) is 50.8. The first-order valence-electron chi connectivity index (χ1n) is 31.1. The lowest BCUT2D eigenvalue weighted by Gasteiger charge is -2.27. The number of carboxylic acids is 4. The smallest absolute Gasteiger partial charge is 0.339 e. The van der Waals surface area contributed by atoms with Crippen molar-refractivity contribution in [2.75, 3.05) is 66.1 Å². The molecule has 0 aliphatic rings. The minimum atomic E-state index is -1.20. The molecule has 1 aromatic carbocycles. The highest BCUT2D eigenvalue weighted by molar-refractivity contribution is 6.02. The van der Waals surface area contributed by atoms with Crippen molar-refractivity contribution in [1.29, 1.82) is 0 Å². The zero-order valence-electron chi connectivity index (χ0n) is 59.8. The van der Waals surface area contributed by atoms with Gasteiger partial charge in [0.05, 0.1) is 88.8 Å². The van der Waals surface area contributed by atoms with E-state index in [1.807, 2.05) is 111 Å². The highest BCUT2D eigenvalue weighted by Crippen LogP contribution is 2.26. The minimum Gasteiger partial charge on any atom is -0.481 e. The number of rotatable bonds is 32. The van der Waals surface area contributed by atoms with Gasteiger partial charge in [-0.15, -0.1) is 0 Å². The molecule has 0 saturated heterocycles. The molecule has 0 heterocycles. The Hall–Kier alpha value is -6.73. The van der Waals surface area contributed by atoms with Crippen molar-refractivity contribution in [2.24, 2.45) is 38.4 Å². The Bertz CT molecular complexity index is 2320. The summed E-state index contributed by atoms with van der Waals surface area (Å²) in [5.74, 6) is -6.50. The van der Waals surface area contributed by atoms with Crippen LogP contribution < -0.4 is 0 Å². The molecular formula is C67H118O25. The molecule has 0 aromatic heterocycles. The fourth-order valence-corrected chi connectivity index (χ4v) is 4.51. The van der Waals surface area contributed by atoms with Gasteiger partial charge in [-0.25, -0.2) is 9.59 Å². The number of aliphatic carboxylic acids is 3. The van der Waals surface area contributed by atoms with Crippen molar-refractivity contribution in [3.05, 3.63) is 35.4 Å². The van der Waals surface area contributed by atoms with E-state index in [1.165, 1.54) is 18.2 Å². The van der Waals surface area contributed by atoms with Crippen LogP contribution in [0.5, 0.6) is 0 Å². The molecule has 92 heavy (non-hydrogen) atoms. The van der Waals surface area contributed by atoms with E-state index in [9.17, 15) is 52.7 Å². The Morgan fingerprint density at radius 2 is 0.728 bits per heavy atom. The van der Waals surface area contributed by atoms with E-state index in [0.717, 1.165) is 25.7 Å². The van der Waals surface area contributed by atoms with Crippen LogP contribution in [-0.2, 0) is 81.0 Å². The quantitative estimate of drug-likeness (QED) is 0.0222. The molecule has 6 N–H and O–H groups in total. The zero-order chi connectivity index (χ0) is 73.5. The standard InChI is InChI=1S/C16H20O6.C12H20O6.C10H20O4.C10H20O2.C8H16O3.C6H12O2.C5H10O2/c1-4-16(2,3)15(20)22-10-9-21-14(19)12-8-6-5-7-11(12)13(17)18;1-4-12(2,3)11(16)18-8-7-17-10(15)6-5-9(13)14;1-4-10(2,3)9(12)14-8-7-13-6-5-11;1-7-10(5,6)8(11)12-9(2,3)4;1-4-8(2,3)7(10)11-6-5-9;1-4-6(2,3)5(7)8;1-3-4(2)5(6)7/h5-8H,4,9-10H2,1-3H3,(H,17,18);4-8H2,1-3H3,(H,13,14);11H,4-8H2,1-3H3;7H2,1-6H3;9H,4-6H2,1-3H3;4H2,1-3H3,(H,7,8);4H,3H2,1-2H3,(H,6,7). The molecule has 25 heteroatoms. The van der Waals surface area contributed by atoms with Crippen LogP contribution in [0, 0.1) is 38.4 Å². The van der Waals surface area contributed by atoms with Crippen molar-refractivity contribution in [3.63, 3.8) is 0 Å². The van der Waals surface area contributed by atoms with E-state index < -0.39 is 62.9 Å². The fourth-order valence-electron chi connectivity index (χ4n) is 4.51. The molecule has 0 bridgehead atoms. The molecule has 0 amide bonds. The zero-order valence-corrected chi connectivity index (χ0v) is 59.8. The Balaban J connectivity index is -0.000000242. The van der Waals surface area contributed by atoms with Crippen molar-refractivity contribution < 1.29 is 121 Å². The van der Waals surface area contributed by atoms with Crippen LogP contribution in [0.1, 0.15) is 238 Å². The van der Waals surface area contributed by atoms with E-state index in [2.05, 4.69) is 0 Å². The monoisotopic (exact) mass is 1320 g/mol. The summed E-state index contributed by atoms with van der Waals surface area (Å²) < 4.78 is 39.6. The molecule has 536 valence electrons. The van der Waals surface area contributed by atoms with Gasteiger partial charge >= 0.3 is 65.7 Å². The van der Waals surface area contributed by atoms with Crippen LogP contribution >= 0.6 is 0 Å². The molecule has 0 saturated carbocycles. The molecule has 0 aliphatic carbocycles. The van der Waals surface area contributed by atoms with Crippen LogP contribution in [0.25, 0.3) is 0 Å². The average molecular weight is 1320 g/mol. The largest absolute Gasteiger partial charge is 0.481 e. The molecule has 0 spiro atoms.